The predicted octanol–water partition coefficient (Wildman–Crippen LogP) is 5.48. The largest absolute Gasteiger partial charge is 0.494 e. The van der Waals surface area contributed by atoms with E-state index in [1.54, 1.807) is 23.1 Å². The number of carbonyl (C=O) groups is 2. The van der Waals surface area contributed by atoms with Crippen molar-refractivity contribution in [2.75, 3.05) is 6.61 Å². The van der Waals surface area contributed by atoms with Crippen molar-refractivity contribution in [2.24, 2.45) is 0 Å². The number of para-hydroxylation sites is 1. The Morgan fingerprint density at radius 2 is 1.68 bits per heavy atom. The van der Waals surface area contributed by atoms with Crippen LogP contribution in [-0.2, 0) is 16.1 Å². The third-order valence-corrected chi connectivity index (χ3v) is 5.46. The number of nitrogens with zero attached hydrogens (tertiary/aromatic N) is 1. The molecule has 2 amide bonds. The lowest BCUT2D eigenvalue weighted by Crippen LogP contribution is -2.50. The maximum Gasteiger partial charge on any atom is 0.243 e. The van der Waals surface area contributed by atoms with Gasteiger partial charge in [-0.1, -0.05) is 54.4 Å². The first-order valence-electron chi connectivity index (χ1n) is 10.5. The second-order valence-corrected chi connectivity index (χ2v) is 8.39. The highest BCUT2D eigenvalue weighted by Gasteiger charge is 2.29. The molecule has 0 aliphatic rings. The highest BCUT2D eigenvalue weighted by atomic mass is 35.5. The fraction of sp³-hybridized carbons (Fsp3) is 0.417. The van der Waals surface area contributed by atoms with Crippen LogP contribution in [0.1, 0.15) is 45.6 Å². The van der Waals surface area contributed by atoms with Gasteiger partial charge in [0.1, 0.15) is 11.8 Å². The van der Waals surface area contributed by atoms with Gasteiger partial charge < -0.3 is 15.0 Å². The molecule has 0 bridgehead atoms. The Labute approximate surface area is 194 Å². The van der Waals surface area contributed by atoms with Crippen LogP contribution in [-0.4, -0.2) is 35.4 Å². The number of hydrogen-bond acceptors (Lipinski definition) is 3. The lowest BCUT2D eigenvalue weighted by atomic mass is 10.1. The van der Waals surface area contributed by atoms with Crippen LogP contribution in [0.2, 0.25) is 10.0 Å². The van der Waals surface area contributed by atoms with Crippen molar-refractivity contribution in [3.8, 4) is 5.75 Å². The smallest absolute Gasteiger partial charge is 0.243 e. The van der Waals surface area contributed by atoms with Gasteiger partial charge in [0.15, 0.2) is 0 Å². The predicted molar refractivity (Wildman–Crippen MR) is 126 cm³/mol. The zero-order valence-corrected chi connectivity index (χ0v) is 19.7. The van der Waals surface area contributed by atoms with E-state index in [2.05, 4.69) is 5.32 Å². The van der Waals surface area contributed by atoms with Crippen LogP contribution in [0.5, 0.6) is 5.75 Å². The van der Waals surface area contributed by atoms with Crippen molar-refractivity contribution in [2.45, 2.75) is 58.7 Å². The highest BCUT2D eigenvalue weighted by molar-refractivity contribution is 6.36. The Kier molecular flexibility index (Phi) is 10.2. The van der Waals surface area contributed by atoms with Gasteiger partial charge in [0.2, 0.25) is 11.8 Å². The molecule has 2 aromatic rings. The first-order valence-corrected chi connectivity index (χ1v) is 11.3. The molecular weight excluding hydrogens is 435 g/mol. The van der Waals surface area contributed by atoms with Crippen molar-refractivity contribution < 1.29 is 14.3 Å². The van der Waals surface area contributed by atoms with Crippen LogP contribution < -0.4 is 10.1 Å². The van der Waals surface area contributed by atoms with Crippen LogP contribution in [0.3, 0.4) is 0 Å². The van der Waals surface area contributed by atoms with E-state index in [9.17, 15) is 9.59 Å². The molecule has 1 N–H and O–H groups in total. The minimum absolute atomic E-state index is 0.0262. The topological polar surface area (TPSA) is 58.6 Å². The number of carbonyl (C=O) groups excluding carboxylic acids is 2. The Morgan fingerprint density at radius 3 is 2.26 bits per heavy atom. The fourth-order valence-corrected chi connectivity index (χ4v) is 3.74. The minimum atomic E-state index is -0.614. The molecule has 0 fully saturated rings. The second kappa shape index (κ2) is 12.6. The van der Waals surface area contributed by atoms with E-state index in [1.165, 1.54) is 0 Å². The fourth-order valence-electron chi connectivity index (χ4n) is 3.23. The van der Waals surface area contributed by atoms with Crippen LogP contribution in [0.4, 0.5) is 0 Å². The molecule has 2 aromatic carbocycles. The first-order chi connectivity index (χ1) is 14.8. The average Bonchev–Trinajstić information content (AvgIpc) is 2.73. The van der Waals surface area contributed by atoms with Gasteiger partial charge in [0, 0.05) is 34.6 Å². The van der Waals surface area contributed by atoms with E-state index in [4.69, 9.17) is 27.9 Å². The summed E-state index contributed by atoms with van der Waals surface area (Å²) in [4.78, 5) is 27.6. The number of rotatable bonds is 11. The molecule has 0 aromatic heterocycles. The standard InChI is InChI=1S/C24H30Cl2N2O3/c1-4-22(24(30)27-17(2)3)28(16-19-20(25)12-8-13-21(19)26)23(29)14-9-15-31-18-10-6-5-7-11-18/h5-8,10-13,17,22H,4,9,14-16H2,1-3H3,(H,27,30)/t22-/m1/s1. The van der Waals surface area contributed by atoms with Gasteiger partial charge in [-0.05, 0) is 51.0 Å². The van der Waals surface area contributed by atoms with Gasteiger partial charge in [-0.2, -0.15) is 0 Å². The lowest BCUT2D eigenvalue weighted by molar-refractivity contribution is -0.141. The normalized spacial score (nSPS) is 11.8. The summed E-state index contributed by atoms with van der Waals surface area (Å²) >= 11 is 12.7. The Balaban J connectivity index is 2.13. The van der Waals surface area contributed by atoms with Crippen molar-refractivity contribution in [3.05, 3.63) is 64.1 Å². The first kappa shape index (κ1) is 25.0. The molecular formula is C24H30Cl2N2O3. The molecule has 0 spiro atoms. The van der Waals surface area contributed by atoms with Crippen LogP contribution in [0.15, 0.2) is 48.5 Å². The zero-order valence-electron chi connectivity index (χ0n) is 18.2. The van der Waals surface area contributed by atoms with Crippen LogP contribution >= 0.6 is 23.2 Å². The zero-order chi connectivity index (χ0) is 22.8. The third-order valence-electron chi connectivity index (χ3n) is 4.75. The Hall–Kier alpha value is -2.24. The number of ether oxygens (including phenoxy) is 1. The molecule has 1 atom stereocenters. The lowest BCUT2D eigenvalue weighted by Gasteiger charge is -2.31. The number of hydrogen-bond donors (Lipinski definition) is 1. The van der Waals surface area contributed by atoms with E-state index in [-0.39, 0.29) is 30.8 Å². The second-order valence-electron chi connectivity index (χ2n) is 7.57. The third kappa shape index (κ3) is 7.75. The van der Waals surface area contributed by atoms with E-state index in [1.807, 2.05) is 51.1 Å². The monoisotopic (exact) mass is 464 g/mol. The van der Waals surface area contributed by atoms with Gasteiger partial charge >= 0.3 is 0 Å². The quantitative estimate of drug-likeness (QED) is 0.447. The van der Waals surface area contributed by atoms with Gasteiger partial charge in [-0.3, -0.25) is 9.59 Å². The summed E-state index contributed by atoms with van der Waals surface area (Å²) in [6.07, 6.45) is 1.26. The van der Waals surface area contributed by atoms with Crippen LogP contribution in [0.25, 0.3) is 0 Å². The van der Waals surface area contributed by atoms with E-state index in [0.717, 1.165) is 5.75 Å². The van der Waals surface area contributed by atoms with E-state index < -0.39 is 6.04 Å². The molecule has 168 valence electrons. The minimum Gasteiger partial charge on any atom is -0.494 e. The van der Waals surface area contributed by atoms with E-state index in [0.29, 0.717) is 35.1 Å². The Morgan fingerprint density at radius 1 is 1.03 bits per heavy atom. The summed E-state index contributed by atoms with van der Waals surface area (Å²) in [6, 6.07) is 14.0. The van der Waals surface area contributed by atoms with E-state index >= 15 is 0 Å². The summed E-state index contributed by atoms with van der Waals surface area (Å²) in [5.74, 6) is 0.436. The van der Waals surface area contributed by atoms with Crippen molar-refractivity contribution in [3.63, 3.8) is 0 Å². The maximum absolute atomic E-state index is 13.2. The number of nitrogens with one attached hydrogen (secondary N) is 1. The number of benzene rings is 2. The molecule has 7 heteroatoms. The molecule has 0 aliphatic heterocycles. The molecule has 0 unspecified atom stereocenters. The van der Waals surface area contributed by atoms with Gasteiger partial charge in [-0.15, -0.1) is 0 Å². The SMILES string of the molecule is CC[C@H](C(=O)NC(C)C)N(Cc1c(Cl)cccc1Cl)C(=O)CCCOc1ccccc1. The molecule has 5 nitrogen and oxygen atoms in total. The molecule has 2 rings (SSSR count). The highest BCUT2D eigenvalue weighted by Crippen LogP contribution is 2.27. The molecule has 0 radical (unpaired) electrons. The maximum atomic E-state index is 13.2. The van der Waals surface area contributed by atoms with Crippen molar-refractivity contribution in [1.82, 2.24) is 10.2 Å². The van der Waals surface area contributed by atoms with Gasteiger partial charge in [0.25, 0.3) is 0 Å². The van der Waals surface area contributed by atoms with Gasteiger partial charge in [0.05, 0.1) is 6.61 Å². The Bertz CT molecular complexity index is 839. The summed E-state index contributed by atoms with van der Waals surface area (Å²) < 4.78 is 5.69. The molecule has 0 saturated carbocycles. The van der Waals surface area contributed by atoms with Gasteiger partial charge in [-0.25, -0.2) is 0 Å². The molecule has 0 heterocycles. The van der Waals surface area contributed by atoms with Crippen LogP contribution in [0, 0.1) is 0 Å². The summed E-state index contributed by atoms with van der Waals surface area (Å²) in [6.45, 7) is 6.25. The molecule has 31 heavy (non-hydrogen) atoms. The summed E-state index contributed by atoms with van der Waals surface area (Å²) in [7, 11) is 0. The average molecular weight is 465 g/mol. The summed E-state index contributed by atoms with van der Waals surface area (Å²) in [5, 5.41) is 3.85. The summed E-state index contributed by atoms with van der Waals surface area (Å²) in [5.41, 5.74) is 0.635. The number of amides is 2. The molecule has 0 aliphatic carbocycles. The molecule has 0 saturated heterocycles. The van der Waals surface area contributed by atoms with Crippen molar-refractivity contribution in [1.29, 1.82) is 0 Å². The number of halogens is 2. The van der Waals surface area contributed by atoms with Crippen molar-refractivity contribution >= 4 is 35.0 Å².